The van der Waals surface area contributed by atoms with Gasteiger partial charge in [-0.1, -0.05) is 37.9 Å². The molecule has 0 bridgehead atoms. The zero-order valence-corrected chi connectivity index (χ0v) is 14.5. The average molecular weight is 432 g/mol. The van der Waals surface area contributed by atoms with Crippen molar-refractivity contribution in [2.75, 3.05) is 17.2 Å². The molecule has 0 aliphatic carbocycles. The molecular weight excluding hydrogens is 419 g/mol. The summed E-state index contributed by atoms with van der Waals surface area (Å²) in [5.41, 5.74) is 1.58. The lowest BCUT2D eigenvalue weighted by Gasteiger charge is -2.12. The summed E-state index contributed by atoms with van der Waals surface area (Å²) in [7, 11) is 0. The van der Waals surface area contributed by atoms with Crippen LogP contribution in [0.25, 0.3) is 0 Å². The molecule has 0 spiro atoms. The van der Waals surface area contributed by atoms with E-state index in [1.807, 2.05) is 6.07 Å². The summed E-state index contributed by atoms with van der Waals surface area (Å²) in [6, 6.07) is 8.89. The van der Waals surface area contributed by atoms with Gasteiger partial charge in [-0.15, -0.1) is 0 Å². The summed E-state index contributed by atoms with van der Waals surface area (Å²) in [5.74, 6) is -0.456. The van der Waals surface area contributed by atoms with E-state index in [9.17, 15) is 9.18 Å². The number of amides is 2. The van der Waals surface area contributed by atoms with E-state index in [0.717, 1.165) is 8.95 Å². The van der Waals surface area contributed by atoms with E-state index in [0.29, 0.717) is 23.4 Å². The van der Waals surface area contributed by atoms with Gasteiger partial charge in [-0.05, 0) is 42.3 Å². The number of hydrogen-bond acceptors (Lipinski definition) is 2. The third-order valence-corrected chi connectivity index (χ3v) is 3.74. The van der Waals surface area contributed by atoms with Crippen LogP contribution in [0.3, 0.4) is 0 Å². The predicted octanol–water partition coefficient (Wildman–Crippen LogP) is 4.53. The highest BCUT2D eigenvalue weighted by atomic mass is 79.9. The van der Waals surface area contributed by atoms with E-state index in [4.69, 9.17) is 5.11 Å². The maximum absolute atomic E-state index is 13.3. The number of benzene rings is 2. The van der Waals surface area contributed by atoms with Gasteiger partial charge in [0.25, 0.3) is 0 Å². The Hall–Kier alpha value is -1.44. The smallest absolute Gasteiger partial charge is 0.323 e. The molecule has 0 radical (unpaired) electrons. The van der Waals surface area contributed by atoms with E-state index >= 15 is 0 Å². The minimum atomic E-state index is -0.491. The number of hydrogen-bond donors (Lipinski definition) is 3. The van der Waals surface area contributed by atoms with Crippen molar-refractivity contribution in [3.63, 3.8) is 0 Å². The zero-order valence-electron chi connectivity index (χ0n) is 11.4. The van der Waals surface area contributed by atoms with Crippen molar-refractivity contribution in [3.8, 4) is 0 Å². The van der Waals surface area contributed by atoms with Crippen LogP contribution >= 0.6 is 31.9 Å². The molecule has 0 atom stereocenters. The molecule has 2 aromatic carbocycles. The average Bonchev–Trinajstić information content (AvgIpc) is 2.40. The summed E-state index contributed by atoms with van der Waals surface area (Å²) >= 11 is 6.66. The second kappa shape index (κ2) is 7.71. The van der Waals surface area contributed by atoms with Gasteiger partial charge in [0.1, 0.15) is 5.82 Å². The zero-order chi connectivity index (χ0) is 16.1. The Labute approximate surface area is 144 Å². The molecule has 2 rings (SSSR count). The van der Waals surface area contributed by atoms with Gasteiger partial charge in [0.05, 0.1) is 0 Å². The summed E-state index contributed by atoms with van der Waals surface area (Å²) in [6.07, 6.45) is 0.332. The summed E-state index contributed by atoms with van der Waals surface area (Å²) in [6.45, 7) is -0.0828. The molecule has 22 heavy (non-hydrogen) atoms. The van der Waals surface area contributed by atoms with Gasteiger partial charge >= 0.3 is 6.03 Å². The third kappa shape index (κ3) is 4.79. The molecule has 0 aromatic heterocycles. The highest BCUT2D eigenvalue weighted by Crippen LogP contribution is 2.24. The fourth-order valence-electron chi connectivity index (χ4n) is 1.91. The monoisotopic (exact) mass is 430 g/mol. The van der Waals surface area contributed by atoms with Crippen LogP contribution in [0.1, 0.15) is 5.56 Å². The Morgan fingerprint density at radius 1 is 1.09 bits per heavy atom. The molecule has 2 amide bonds. The molecule has 3 N–H and O–H groups in total. The predicted molar refractivity (Wildman–Crippen MR) is 91.7 cm³/mol. The molecular formula is C15H13Br2FN2O2. The largest absolute Gasteiger partial charge is 0.396 e. The maximum Gasteiger partial charge on any atom is 0.323 e. The van der Waals surface area contributed by atoms with E-state index in [1.165, 1.54) is 18.2 Å². The fourth-order valence-corrected chi connectivity index (χ4v) is 3.21. The number of carbonyl (C=O) groups excluding carboxylic acids is 1. The van der Waals surface area contributed by atoms with Crippen molar-refractivity contribution in [1.82, 2.24) is 0 Å². The van der Waals surface area contributed by atoms with Crippen LogP contribution in [-0.2, 0) is 6.42 Å². The standard InChI is InChI=1S/C15H13Br2FN2O2/c16-10-5-11(17)7-13(6-10)19-15(22)20-14-8-12(18)2-1-9(14)3-4-21/h1-2,5-8,21H,3-4H2,(H2,19,20,22). The molecule has 0 heterocycles. The fraction of sp³-hybridized carbons (Fsp3) is 0.133. The van der Waals surface area contributed by atoms with Crippen molar-refractivity contribution in [1.29, 1.82) is 0 Å². The molecule has 0 saturated heterocycles. The van der Waals surface area contributed by atoms with Crippen LogP contribution in [0, 0.1) is 5.82 Å². The van der Waals surface area contributed by atoms with Crippen LogP contribution in [0.15, 0.2) is 45.3 Å². The Bertz CT molecular complexity index is 675. The van der Waals surface area contributed by atoms with Crippen LogP contribution in [-0.4, -0.2) is 17.7 Å². The van der Waals surface area contributed by atoms with Crippen LogP contribution in [0.5, 0.6) is 0 Å². The van der Waals surface area contributed by atoms with E-state index in [1.54, 1.807) is 12.1 Å². The first-order valence-corrected chi connectivity index (χ1v) is 8.00. The van der Waals surface area contributed by atoms with Gasteiger partial charge in [-0.3, -0.25) is 0 Å². The Morgan fingerprint density at radius 3 is 2.41 bits per heavy atom. The molecule has 116 valence electrons. The summed E-state index contributed by atoms with van der Waals surface area (Å²) in [4.78, 5) is 12.0. The Balaban J connectivity index is 2.13. The Morgan fingerprint density at radius 2 is 1.77 bits per heavy atom. The second-order valence-corrected chi connectivity index (χ2v) is 6.34. The van der Waals surface area contributed by atoms with Crippen molar-refractivity contribution in [2.24, 2.45) is 0 Å². The minimum Gasteiger partial charge on any atom is -0.396 e. The highest BCUT2D eigenvalue weighted by Gasteiger charge is 2.09. The number of nitrogens with one attached hydrogen (secondary N) is 2. The molecule has 0 saturated carbocycles. The molecule has 0 aliphatic rings. The van der Waals surface area contributed by atoms with E-state index in [2.05, 4.69) is 42.5 Å². The molecule has 4 nitrogen and oxygen atoms in total. The first-order chi connectivity index (χ1) is 10.5. The first kappa shape index (κ1) is 16.9. The van der Waals surface area contributed by atoms with Gasteiger partial charge in [0, 0.05) is 26.9 Å². The SMILES string of the molecule is O=C(Nc1cc(Br)cc(Br)c1)Nc1cc(F)ccc1CCO. The normalized spacial score (nSPS) is 10.4. The number of anilines is 2. The lowest BCUT2D eigenvalue weighted by molar-refractivity contribution is 0.262. The first-order valence-electron chi connectivity index (χ1n) is 6.41. The number of urea groups is 1. The van der Waals surface area contributed by atoms with E-state index in [-0.39, 0.29) is 6.61 Å². The minimum absolute atomic E-state index is 0.0828. The van der Waals surface area contributed by atoms with Crippen molar-refractivity contribution < 1.29 is 14.3 Å². The number of aliphatic hydroxyl groups is 1. The van der Waals surface area contributed by atoms with Gasteiger partial charge in [-0.25, -0.2) is 9.18 Å². The van der Waals surface area contributed by atoms with Crippen molar-refractivity contribution in [3.05, 3.63) is 56.7 Å². The van der Waals surface area contributed by atoms with Crippen LogP contribution < -0.4 is 10.6 Å². The highest BCUT2D eigenvalue weighted by molar-refractivity contribution is 9.11. The van der Waals surface area contributed by atoms with Gasteiger partial charge in [0.15, 0.2) is 0 Å². The molecule has 0 fully saturated rings. The lowest BCUT2D eigenvalue weighted by Crippen LogP contribution is -2.20. The van der Waals surface area contributed by atoms with Crippen molar-refractivity contribution >= 4 is 49.3 Å². The quantitative estimate of drug-likeness (QED) is 0.665. The molecule has 7 heteroatoms. The van der Waals surface area contributed by atoms with Crippen LogP contribution in [0.4, 0.5) is 20.6 Å². The number of carbonyl (C=O) groups is 1. The molecule has 0 aliphatic heterocycles. The van der Waals surface area contributed by atoms with Crippen LogP contribution in [0.2, 0.25) is 0 Å². The molecule has 2 aromatic rings. The van der Waals surface area contributed by atoms with Crippen molar-refractivity contribution in [2.45, 2.75) is 6.42 Å². The third-order valence-electron chi connectivity index (χ3n) is 2.82. The summed E-state index contributed by atoms with van der Waals surface area (Å²) in [5, 5.41) is 14.3. The second-order valence-electron chi connectivity index (χ2n) is 4.51. The lowest BCUT2D eigenvalue weighted by atomic mass is 10.1. The Kier molecular flexibility index (Phi) is 5.93. The number of aliphatic hydroxyl groups excluding tert-OH is 1. The number of halogens is 3. The van der Waals surface area contributed by atoms with Gasteiger partial charge in [0.2, 0.25) is 0 Å². The van der Waals surface area contributed by atoms with Gasteiger partial charge < -0.3 is 15.7 Å². The number of rotatable bonds is 4. The topological polar surface area (TPSA) is 61.4 Å². The van der Waals surface area contributed by atoms with E-state index < -0.39 is 11.8 Å². The van der Waals surface area contributed by atoms with Gasteiger partial charge in [-0.2, -0.15) is 0 Å². The maximum atomic E-state index is 13.3. The molecule has 0 unspecified atom stereocenters. The summed E-state index contributed by atoms with van der Waals surface area (Å²) < 4.78 is 14.9.